The first-order valence-electron chi connectivity index (χ1n) is 10.9. The number of fused-ring (bicyclic) bond motifs is 1. The van der Waals surface area contributed by atoms with Gasteiger partial charge in [-0.15, -0.1) is 0 Å². The number of carbonyl (C=O) groups is 1. The molecular formula is C24H28FN3O5S. The number of rotatable bonds is 4. The van der Waals surface area contributed by atoms with E-state index in [1.807, 2.05) is 25.7 Å². The van der Waals surface area contributed by atoms with Gasteiger partial charge in [-0.3, -0.25) is 0 Å². The molecule has 0 aliphatic carbocycles. The fraction of sp³-hybridized carbons (Fsp3) is 0.375. The Bertz CT molecular complexity index is 1320. The predicted molar refractivity (Wildman–Crippen MR) is 127 cm³/mol. The van der Waals surface area contributed by atoms with Crippen LogP contribution >= 0.6 is 0 Å². The van der Waals surface area contributed by atoms with Crippen molar-refractivity contribution in [1.82, 2.24) is 9.88 Å². The number of methoxy groups -OCH3 is 1. The van der Waals surface area contributed by atoms with E-state index in [-0.39, 0.29) is 15.9 Å². The van der Waals surface area contributed by atoms with Gasteiger partial charge in [0.05, 0.1) is 22.6 Å². The normalized spacial score (nSPS) is 15.0. The molecule has 34 heavy (non-hydrogen) atoms. The molecule has 182 valence electrons. The van der Waals surface area contributed by atoms with E-state index in [2.05, 4.69) is 4.98 Å². The number of piperazine rings is 1. The third-order valence-corrected chi connectivity index (χ3v) is 7.42. The number of benzene rings is 2. The van der Waals surface area contributed by atoms with Crippen molar-refractivity contribution in [1.29, 1.82) is 0 Å². The highest BCUT2D eigenvalue weighted by atomic mass is 32.2. The van der Waals surface area contributed by atoms with Crippen molar-refractivity contribution in [2.45, 2.75) is 36.2 Å². The second kappa shape index (κ2) is 8.83. The lowest BCUT2D eigenvalue weighted by Gasteiger charge is -2.37. The molecule has 0 atom stereocenters. The molecule has 1 aliphatic rings. The molecule has 2 aromatic carbocycles. The van der Waals surface area contributed by atoms with E-state index >= 15 is 0 Å². The summed E-state index contributed by atoms with van der Waals surface area (Å²) in [6, 6.07) is 8.65. The highest BCUT2D eigenvalue weighted by molar-refractivity contribution is 7.91. The summed E-state index contributed by atoms with van der Waals surface area (Å²) in [5.74, 6) is 0.0845. The zero-order valence-corrected chi connectivity index (χ0v) is 20.4. The summed E-state index contributed by atoms with van der Waals surface area (Å²) in [7, 11) is -2.36. The van der Waals surface area contributed by atoms with Crippen LogP contribution in [0.1, 0.15) is 20.8 Å². The molecule has 2 heterocycles. The maximum Gasteiger partial charge on any atom is 0.410 e. The summed E-state index contributed by atoms with van der Waals surface area (Å²) < 4.78 is 51.4. The Kier molecular flexibility index (Phi) is 6.20. The minimum absolute atomic E-state index is 0.0772. The van der Waals surface area contributed by atoms with Crippen molar-refractivity contribution >= 4 is 32.5 Å². The molecule has 1 amide bonds. The Morgan fingerprint density at radius 1 is 1.06 bits per heavy atom. The van der Waals surface area contributed by atoms with E-state index in [4.69, 9.17) is 9.47 Å². The van der Waals surface area contributed by atoms with Crippen LogP contribution in [0, 0.1) is 5.82 Å². The smallest absolute Gasteiger partial charge is 0.410 e. The molecule has 1 aromatic heterocycles. The molecule has 8 nitrogen and oxygen atoms in total. The summed E-state index contributed by atoms with van der Waals surface area (Å²) >= 11 is 0. The van der Waals surface area contributed by atoms with Crippen molar-refractivity contribution < 1.29 is 27.1 Å². The van der Waals surface area contributed by atoms with Gasteiger partial charge >= 0.3 is 6.09 Å². The first-order chi connectivity index (χ1) is 16.0. The minimum Gasteiger partial charge on any atom is -0.495 e. The number of carbonyl (C=O) groups excluding carboxylic acids is 1. The first-order valence-corrected chi connectivity index (χ1v) is 12.4. The summed E-state index contributed by atoms with van der Waals surface area (Å²) in [5, 5.41) is 0.421. The van der Waals surface area contributed by atoms with E-state index in [1.165, 1.54) is 37.6 Å². The van der Waals surface area contributed by atoms with E-state index in [0.29, 0.717) is 48.5 Å². The van der Waals surface area contributed by atoms with Crippen molar-refractivity contribution in [2.75, 3.05) is 38.2 Å². The van der Waals surface area contributed by atoms with Crippen molar-refractivity contribution in [3.63, 3.8) is 0 Å². The van der Waals surface area contributed by atoms with Gasteiger partial charge in [0.25, 0.3) is 0 Å². The van der Waals surface area contributed by atoms with Crippen LogP contribution < -0.4 is 9.64 Å². The number of sulfone groups is 1. The number of amides is 1. The van der Waals surface area contributed by atoms with Gasteiger partial charge in [0, 0.05) is 43.3 Å². The largest absolute Gasteiger partial charge is 0.495 e. The summed E-state index contributed by atoms with van der Waals surface area (Å²) in [6.07, 6.45) is 1.01. The van der Waals surface area contributed by atoms with Crippen molar-refractivity contribution in [2.24, 2.45) is 0 Å². The van der Waals surface area contributed by atoms with E-state index in [1.54, 1.807) is 17.0 Å². The number of nitrogens with zero attached hydrogens (tertiary/aromatic N) is 2. The van der Waals surface area contributed by atoms with Crippen LogP contribution in [0.3, 0.4) is 0 Å². The summed E-state index contributed by atoms with van der Waals surface area (Å²) in [5.41, 5.74) is 0.456. The number of nitrogens with one attached hydrogen (secondary N) is 1. The molecule has 1 aliphatic heterocycles. The molecule has 3 aromatic rings. The molecule has 0 bridgehead atoms. The highest BCUT2D eigenvalue weighted by Crippen LogP contribution is 2.35. The Balaban J connectivity index is 1.61. The summed E-state index contributed by atoms with van der Waals surface area (Å²) in [6.45, 7) is 7.31. The third kappa shape index (κ3) is 4.68. The van der Waals surface area contributed by atoms with Crippen LogP contribution in [0.25, 0.3) is 10.9 Å². The monoisotopic (exact) mass is 489 g/mol. The lowest BCUT2D eigenvalue weighted by molar-refractivity contribution is 0.0240. The van der Waals surface area contributed by atoms with E-state index in [9.17, 15) is 17.6 Å². The predicted octanol–water partition coefficient (Wildman–Crippen LogP) is 4.21. The maximum atomic E-state index is 13.5. The molecule has 10 heteroatoms. The lowest BCUT2D eigenvalue weighted by atomic mass is 10.2. The van der Waals surface area contributed by atoms with Crippen LogP contribution in [0.5, 0.6) is 5.75 Å². The average Bonchev–Trinajstić information content (AvgIpc) is 3.21. The number of hydrogen-bond acceptors (Lipinski definition) is 6. The Hall–Kier alpha value is -3.27. The molecule has 0 unspecified atom stereocenters. The number of H-pyrrole nitrogens is 1. The van der Waals surface area contributed by atoms with Gasteiger partial charge in [-0.2, -0.15) is 0 Å². The molecule has 0 radical (unpaired) electrons. The lowest BCUT2D eigenvalue weighted by Crippen LogP contribution is -2.50. The van der Waals surface area contributed by atoms with Gasteiger partial charge in [0.1, 0.15) is 17.2 Å². The topological polar surface area (TPSA) is 91.9 Å². The zero-order chi connectivity index (χ0) is 24.7. The quantitative estimate of drug-likeness (QED) is 0.591. The number of aromatic amines is 1. The zero-order valence-electron chi connectivity index (χ0n) is 19.6. The van der Waals surface area contributed by atoms with Crippen LogP contribution in [0.4, 0.5) is 14.9 Å². The highest BCUT2D eigenvalue weighted by Gasteiger charge is 2.29. The standard InChI is InChI=1S/C24H28FN3O5S/c1-24(2,3)33-23(29)28-11-9-27(10-12-28)20-14-17(6-8-21(20)32-4)34(30,31)22-15-26-19-13-16(25)5-7-18(19)22/h5-8,13-15,26H,9-12H2,1-4H3. The Labute approximate surface area is 198 Å². The van der Waals surface area contributed by atoms with Gasteiger partial charge in [0.15, 0.2) is 0 Å². The maximum absolute atomic E-state index is 13.5. The number of ether oxygens (including phenoxy) is 2. The van der Waals surface area contributed by atoms with E-state index < -0.39 is 21.3 Å². The van der Waals surface area contributed by atoms with E-state index in [0.717, 1.165) is 0 Å². The first kappa shape index (κ1) is 23.9. The van der Waals surface area contributed by atoms with Gasteiger partial charge in [-0.1, -0.05) is 0 Å². The van der Waals surface area contributed by atoms with Crippen LogP contribution in [-0.4, -0.2) is 63.3 Å². The molecule has 1 saturated heterocycles. The minimum atomic E-state index is -3.89. The SMILES string of the molecule is COc1ccc(S(=O)(=O)c2c[nH]c3cc(F)ccc23)cc1N1CCN(C(=O)OC(C)(C)C)CC1. The second-order valence-corrected chi connectivity index (χ2v) is 11.1. The van der Waals surface area contributed by atoms with Crippen molar-refractivity contribution in [3.05, 3.63) is 48.4 Å². The van der Waals surface area contributed by atoms with Gasteiger partial charge in [-0.05, 0) is 57.2 Å². The fourth-order valence-electron chi connectivity index (χ4n) is 3.96. The third-order valence-electron chi connectivity index (χ3n) is 5.63. The molecule has 4 rings (SSSR count). The summed E-state index contributed by atoms with van der Waals surface area (Å²) in [4.78, 5) is 19.0. The molecule has 0 saturated carbocycles. The average molecular weight is 490 g/mol. The van der Waals surface area contributed by atoms with Crippen LogP contribution in [-0.2, 0) is 14.6 Å². The van der Waals surface area contributed by atoms with Crippen LogP contribution in [0.2, 0.25) is 0 Å². The Morgan fingerprint density at radius 2 is 1.76 bits per heavy atom. The molecular weight excluding hydrogens is 461 g/mol. The number of hydrogen-bond donors (Lipinski definition) is 1. The van der Waals surface area contributed by atoms with Crippen LogP contribution in [0.15, 0.2) is 52.4 Å². The number of anilines is 1. The fourth-order valence-corrected chi connectivity index (χ4v) is 5.41. The van der Waals surface area contributed by atoms with Crippen molar-refractivity contribution in [3.8, 4) is 5.75 Å². The molecule has 0 spiro atoms. The van der Waals surface area contributed by atoms with Gasteiger partial charge < -0.3 is 24.3 Å². The van der Waals surface area contributed by atoms with Gasteiger partial charge in [0.2, 0.25) is 9.84 Å². The van der Waals surface area contributed by atoms with Gasteiger partial charge in [-0.25, -0.2) is 17.6 Å². The number of halogens is 1. The Morgan fingerprint density at radius 3 is 2.41 bits per heavy atom. The second-order valence-electron chi connectivity index (χ2n) is 9.13. The molecule has 1 N–H and O–H groups in total. The molecule has 1 fully saturated rings. The number of aromatic nitrogens is 1.